The fourth-order valence-electron chi connectivity index (χ4n) is 1.49. The van der Waals surface area contributed by atoms with Crippen LogP contribution < -0.4 is 0 Å². The van der Waals surface area contributed by atoms with Gasteiger partial charge in [-0.15, -0.1) is 11.3 Å². The molecule has 0 saturated carbocycles. The summed E-state index contributed by atoms with van der Waals surface area (Å²) in [6.45, 7) is 3.43. The molecular weight excluding hydrogens is 202 g/mol. The molecule has 1 aromatic rings. The standard InChI is InChI=1S/C9H11NO3S/c1-9(2-3-13-5-9)8-10-4-6(14-8)7(11)12/h4H,2-3,5H2,1H3,(H,11,12). The quantitative estimate of drug-likeness (QED) is 0.809. The van der Waals surface area contributed by atoms with E-state index in [1.165, 1.54) is 17.5 Å². The Morgan fingerprint density at radius 1 is 1.79 bits per heavy atom. The number of rotatable bonds is 2. The second-order valence-electron chi connectivity index (χ2n) is 3.70. The fraction of sp³-hybridized carbons (Fsp3) is 0.556. The van der Waals surface area contributed by atoms with Crippen molar-refractivity contribution in [3.8, 4) is 0 Å². The molecular formula is C9H11NO3S. The summed E-state index contributed by atoms with van der Waals surface area (Å²) in [4.78, 5) is 15.1. The van der Waals surface area contributed by atoms with E-state index in [1.54, 1.807) is 0 Å². The van der Waals surface area contributed by atoms with Gasteiger partial charge < -0.3 is 9.84 Å². The van der Waals surface area contributed by atoms with Crippen LogP contribution in [0.3, 0.4) is 0 Å². The summed E-state index contributed by atoms with van der Waals surface area (Å²) in [7, 11) is 0. The lowest BCUT2D eigenvalue weighted by molar-refractivity contribution is 0.0702. The summed E-state index contributed by atoms with van der Waals surface area (Å²) < 4.78 is 5.30. The molecule has 0 aromatic carbocycles. The van der Waals surface area contributed by atoms with Crippen LogP contribution in [0.1, 0.15) is 28.0 Å². The summed E-state index contributed by atoms with van der Waals surface area (Å²) in [6, 6.07) is 0. The number of hydrogen-bond acceptors (Lipinski definition) is 4. The molecule has 1 fully saturated rings. The Balaban J connectivity index is 2.28. The van der Waals surface area contributed by atoms with Gasteiger partial charge in [0.05, 0.1) is 12.8 Å². The van der Waals surface area contributed by atoms with Crippen molar-refractivity contribution in [1.82, 2.24) is 4.98 Å². The zero-order chi connectivity index (χ0) is 10.2. The summed E-state index contributed by atoms with van der Waals surface area (Å²) in [5.74, 6) is -0.906. The van der Waals surface area contributed by atoms with Crippen molar-refractivity contribution in [3.05, 3.63) is 16.1 Å². The molecule has 1 aromatic heterocycles. The molecule has 2 rings (SSSR count). The molecule has 0 aliphatic carbocycles. The molecule has 0 radical (unpaired) electrons. The van der Waals surface area contributed by atoms with Crippen LogP contribution in [0, 0.1) is 0 Å². The molecule has 4 nitrogen and oxygen atoms in total. The van der Waals surface area contributed by atoms with Crippen LogP contribution in [0.4, 0.5) is 0 Å². The van der Waals surface area contributed by atoms with E-state index in [9.17, 15) is 4.79 Å². The Hall–Kier alpha value is -0.940. The number of ether oxygens (including phenoxy) is 1. The molecule has 14 heavy (non-hydrogen) atoms. The van der Waals surface area contributed by atoms with E-state index < -0.39 is 5.97 Å². The van der Waals surface area contributed by atoms with Gasteiger partial charge in [-0.3, -0.25) is 0 Å². The van der Waals surface area contributed by atoms with Gasteiger partial charge in [0.15, 0.2) is 0 Å². The van der Waals surface area contributed by atoms with Crippen molar-refractivity contribution in [2.75, 3.05) is 13.2 Å². The lowest BCUT2D eigenvalue weighted by Gasteiger charge is -2.17. The van der Waals surface area contributed by atoms with Crippen molar-refractivity contribution < 1.29 is 14.6 Å². The average molecular weight is 213 g/mol. The maximum Gasteiger partial charge on any atom is 0.347 e. The molecule has 1 aliphatic heterocycles. The third-order valence-corrected chi connectivity index (χ3v) is 3.74. The first-order valence-electron chi connectivity index (χ1n) is 4.39. The Bertz CT molecular complexity index is 355. The largest absolute Gasteiger partial charge is 0.477 e. The van der Waals surface area contributed by atoms with Crippen LogP contribution in [-0.2, 0) is 10.2 Å². The van der Waals surface area contributed by atoms with Gasteiger partial charge in [-0.25, -0.2) is 9.78 Å². The minimum absolute atomic E-state index is 0.0850. The van der Waals surface area contributed by atoms with Crippen molar-refractivity contribution in [2.45, 2.75) is 18.8 Å². The van der Waals surface area contributed by atoms with Gasteiger partial charge in [0, 0.05) is 12.0 Å². The first-order chi connectivity index (χ1) is 6.62. The molecule has 0 amide bonds. The van der Waals surface area contributed by atoms with Gasteiger partial charge in [-0.05, 0) is 6.42 Å². The molecule has 1 atom stereocenters. The molecule has 1 unspecified atom stereocenters. The minimum Gasteiger partial charge on any atom is -0.477 e. The fourth-order valence-corrected chi connectivity index (χ4v) is 2.40. The number of carboxylic acid groups (broad SMARTS) is 1. The van der Waals surface area contributed by atoms with Gasteiger partial charge in [0.25, 0.3) is 0 Å². The van der Waals surface area contributed by atoms with Crippen molar-refractivity contribution in [1.29, 1.82) is 0 Å². The molecule has 2 heterocycles. The summed E-state index contributed by atoms with van der Waals surface area (Å²) in [6.07, 6.45) is 2.34. The molecule has 76 valence electrons. The highest BCUT2D eigenvalue weighted by Gasteiger charge is 2.34. The van der Waals surface area contributed by atoms with Crippen LogP contribution in [0.2, 0.25) is 0 Å². The van der Waals surface area contributed by atoms with E-state index >= 15 is 0 Å². The van der Waals surface area contributed by atoms with Crippen molar-refractivity contribution in [3.63, 3.8) is 0 Å². The van der Waals surface area contributed by atoms with Gasteiger partial charge in [-0.2, -0.15) is 0 Å². The Labute approximate surface area is 85.5 Å². The molecule has 0 bridgehead atoms. The highest BCUT2D eigenvalue weighted by atomic mass is 32.1. The van der Waals surface area contributed by atoms with Crippen molar-refractivity contribution >= 4 is 17.3 Å². The second kappa shape index (κ2) is 3.33. The third kappa shape index (κ3) is 1.53. The Kier molecular flexibility index (Phi) is 2.28. The van der Waals surface area contributed by atoms with E-state index in [0.717, 1.165) is 18.0 Å². The van der Waals surface area contributed by atoms with Crippen LogP contribution in [-0.4, -0.2) is 29.3 Å². The van der Waals surface area contributed by atoms with E-state index in [-0.39, 0.29) is 5.41 Å². The van der Waals surface area contributed by atoms with Crippen LogP contribution in [0.5, 0.6) is 0 Å². The first kappa shape index (κ1) is 9.61. The molecule has 5 heteroatoms. The summed E-state index contributed by atoms with van der Waals surface area (Å²) in [5, 5.41) is 9.63. The maximum absolute atomic E-state index is 10.7. The average Bonchev–Trinajstić information content (AvgIpc) is 2.71. The molecule has 0 spiro atoms. The van der Waals surface area contributed by atoms with Gasteiger partial charge in [0.1, 0.15) is 9.88 Å². The van der Waals surface area contributed by atoms with E-state index in [0.29, 0.717) is 11.5 Å². The number of thiazole rings is 1. The number of nitrogens with zero attached hydrogens (tertiary/aromatic N) is 1. The Morgan fingerprint density at radius 2 is 2.57 bits per heavy atom. The van der Waals surface area contributed by atoms with Crippen LogP contribution in [0.25, 0.3) is 0 Å². The number of hydrogen-bond donors (Lipinski definition) is 1. The lowest BCUT2D eigenvalue weighted by atomic mass is 9.91. The van der Waals surface area contributed by atoms with E-state index in [1.807, 2.05) is 0 Å². The number of aromatic nitrogens is 1. The zero-order valence-corrected chi connectivity index (χ0v) is 8.63. The zero-order valence-electron chi connectivity index (χ0n) is 7.82. The molecule has 1 N–H and O–H groups in total. The maximum atomic E-state index is 10.7. The molecule has 1 aliphatic rings. The third-order valence-electron chi connectivity index (χ3n) is 2.45. The number of carbonyl (C=O) groups is 1. The van der Waals surface area contributed by atoms with Crippen LogP contribution >= 0.6 is 11.3 Å². The SMILES string of the molecule is CC1(c2ncc(C(=O)O)s2)CCOC1. The highest BCUT2D eigenvalue weighted by molar-refractivity contribution is 7.13. The summed E-state index contributed by atoms with van der Waals surface area (Å²) >= 11 is 1.25. The molecule has 1 saturated heterocycles. The van der Waals surface area contributed by atoms with Gasteiger partial charge >= 0.3 is 5.97 Å². The van der Waals surface area contributed by atoms with E-state index in [4.69, 9.17) is 9.84 Å². The number of carboxylic acids is 1. The summed E-state index contributed by atoms with van der Waals surface area (Å²) in [5.41, 5.74) is -0.0850. The van der Waals surface area contributed by atoms with Crippen LogP contribution in [0.15, 0.2) is 6.20 Å². The van der Waals surface area contributed by atoms with Gasteiger partial charge in [-0.1, -0.05) is 6.92 Å². The highest BCUT2D eigenvalue weighted by Crippen LogP contribution is 2.34. The van der Waals surface area contributed by atoms with Crippen molar-refractivity contribution in [2.24, 2.45) is 0 Å². The predicted octanol–water partition coefficient (Wildman–Crippen LogP) is 1.52. The monoisotopic (exact) mass is 213 g/mol. The second-order valence-corrected chi connectivity index (χ2v) is 4.73. The smallest absolute Gasteiger partial charge is 0.347 e. The Morgan fingerprint density at radius 3 is 3.07 bits per heavy atom. The van der Waals surface area contributed by atoms with Gasteiger partial charge in [0.2, 0.25) is 0 Å². The minimum atomic E-state index is -0.906. The normalized spacial score (nSPS) is 26.6. The first-order valence-corrected chi connectivity index (χ1v) is 5.21. The van der Waals surface area contributed by atoms with E-state index in [2.05, 4.69) is 11.9 Å². The predicted molar refractivity (Wildman–Crippen MR) is 51.9 cm³/mol. The topological polar surface area (TPSA) is 59.4 Å². The number of aromatic carboxylic acids is 1. The lowest BCUT2D eigenvalue weighted by Crippen LogP contribution is -2.21.